The molecule has 110 heavy (non-hydrogen) atoms. The minimum atomic E-state index is 0.312. The predicted molar refractivity (Wildman–Crippen MR) is 457 cm³/mol. The van der Waals surface area contributed by atoms with E-state index in [0.29, 0.717) is 33.9 Å². The van der Waals surface area contributed by atoms with Crippen LogP contribution in [0.5, 0.6) is 0 Å². The lowest BCUT2D eigenvalue weighted by Gasteiger charge is -2.27. The van der Waals surface area contributed by atoms with Gasteiger partial charge in [-0.3, -0.25) is 0 Å². The van der Waals surface area contributed by atoms with E-state index in [9.17, 15) is 10.5 Å². The molecule has 0 saturated heterocycles. The summed E-state index contributed by atoms with van der Waals surface area (Å²) in [6, 6.07) is 145. The Kier molecular flexibility index (Phi) is 14.9. The molecule has 0 saturated carbocycles. The Morgan fingerprint density at radius 3 is 0.445 bits per heavy atom. The number of rotatable bonds is 12. The summed E-state index contributed by atoms with van der Waals surface area (Å²) in [5.41, 5.74) is 27.0. The summed E-state index contributed by atoms with van der Waals surface area (Å²) in [5, 5.41) is 34.9. The molecule has 0 spiro atoms. The Morgan fingerprint density at radius 1 is 0.145 bits per heavy atom. The number of nitrogens with zero attached hydrogens (tertiary/aromatic N) is 6. The molecule has 0 fully saturated rings. The monoisotopic (exact) mass is 1400 g/mol. The number of hydrogen-bond donors (Lipinski definition) is 0. The maximum atomic E-state index is 13.5. The molecule has 0 amide bonds. The number of hydrogen-bond acceptors (Lipinski definition) is 2. The lowest BCUT2D eigenvalue weighted by molar-refractivity contribution is 1.02. The fourth-order valence-corrected chi connectivity index (χ4v) is 17.3. The van der Waals surface area contributed by atoms with Crippen molar-refractivity contribution in [3.63, 3.8) is 0 Å². The normalized spacial score (nSPS) is 11.6. The largest absolute Gasteiger partial charge is 0.306 e. The van der Waals surface area contributed by atoms with Gasteiger partial charge in [-0.1, -0.05) is 291 Å². The highest BCUT2D eigenvalue weighted by molar-refractivity contribution is 6.19. The maximum absolute atomic E-state index is 13.5. The van der Waals surface area contributed by atoms with E-state index < -0.39 is 0 Å². The molecule has 0 aliphatic heterocycles. The second-order valence-electron chi connectivity index (χ2n) is 28.5. The van der Waals surface area contributed by atoms with Crippen molar-refractivity contribution in [3.8, 4) is 124 Å². The average Bonchev–Trinajstić information content (AvgIpc) is 1.47. The van der Waals surface area contributed by atoms with Gasteiger partial charge in [0, 0.05) is 43.1 Å². The number of aromatic nitrogens is 4. The van der Waals surface area contributed by atoms with E-state index in [1.807, 2.05) is 0 Å². The first-order chi connectivity index (χ1) is 54.5. The highest BCUT2D eigenvalue weighted by Gasteiger charge is 2.36. The lowest BCUT2D eigenvalue weighted by atomic mass is 9.98. The Morgan fingerprint density at radius 2 is 0.291 bits per heavy atom. The van der Waals surface area contributed by atoms with Gasteiger partial charge in [0.1, 0.15) is 23.3 Å². The van der Waals surface area contributed by atoms with E-state index in [1.54, 1.807) is 0 Å². The summed E-state index contributed by atoms with van der Waals surface area (Å²) in [4.78, 5) is 0. The topological polar surface area (TPSA) is 67.3 Å². The van der Waals surface area contributed by atoms with Crippen LogP contribution < -0.4 is 0 Å². The van der Waals surface area contributed by atoms with Gasteiger partial charge in [-0.05, 0) is 186 Å². The quantitative estimate of drug-likeness (QED) is 0.122. The van der Waals surface area contributed by atoms with E-state index in [-0.39, 0.29) is 0 Å². The Balaban J connectivity index is 1.01. The van der Waals surface area contributed by atoms with Crippen LogP contribution in [0.3, 0.4) is 0 Å². The zero-order chi connectivity index (χ0) is 72.9. The number of benzene rings is 17. The van der Waals surface area contributed by atoms with E-state index >= 15 is 0 Å². The number of nitriles is 2. The molecule has 21 rings (SSSR count). The standard InChI is InChI=1S/C104H64N6/c105-65-91-101(107-93-49-41-75(67-25-9-1-10-26-67)57-83(93)84-58-76(42-50-94(84)107)68-27-11-2-12-28-68)92(66-106)103(109-97-53-45-79(71-33-17-5-18-34-71)61-87(97)88-62-80(46-54-98(88)109)72-35-19-6-20-36-72)104(110-99-55-47-81(73-37-21-7-22-38-73)63-89(99)90-64-82(48-56-100(90)110)74-39-23-8-24-40-74)102(91)108-95-51-43-77(69-29-13-3-14-30-69)59-85(95)86-60-78(44-52-96(86)108)70-31-15-4-16-32-70/h1-64H. The molecule has 0 atom stereocenters. The summed E-state index contributed by atoms with van der Waals surface area (Å²) < 4.78 is 9.38. The number of fused-ring (bicyclic) bond motifs is 12. The van der Waals surface area contributed by atoms with Crippen LogP contribution in [-0.2, 0) is 0 Å². The molecule has 0 aliphatic carbocycles. The molecular formula is C104H64N6. The smallest absolute Gasteiger partial charge is 0.104 e. The summed E-state index contributed by atoms with van der Waals surface area (Å²) in [6.07, 6.45) is 0. The molecule has 0 radical (unpaired) electrons. The second-order valence-corrected chi connectivity index (χ2v) is 28.5. The Labute approximate surface area is 635 Å². The van der Waals surface area contributed by atoms with Crippen LogP contribution in [0.1, 0.15) is 11.1 Å². The van der Waals surface area contributed by atoms with Crippen molar-refractivity contribution in [1.82, 2.24) is 18.3 Å². The van der Waals surface area contributed by atoms with Crippen molar-refractivity contribution in [1.29, 1.82) is 10.5 Å². The van der Waals surface area contributed by atoms with Crippen LogP contribution >= 0.6 is 0 Å². The average molecular weight is 1400 g/mol. The molecule has 510 valence electrons. The molecule has 17 aromatic carbocycles. The van der Waals surface area contributed by atoms with Crippen molar-refractivity contribution in [2.45, 2.75) is 0 Å². The predicted octanol–water partition coefficient (Wildman–Crippen LogP) is 27.2. The minimum absolute atomic E-state index is 0.312. The summed E-state index contributed by atoms with van der Waals surface area (Å²) in [7, 11) is 0. The van der Waals surface area contributed by atoms with Crippen molar-refractivity contribution in [2.24, 2.45) is 0 Å². The third kappa shape index (κ3) is 10.2. The third-order valence-corrected chi connectivity index (χ3v) is 22.4. The molecule has 6 heteroatoms. The third-order valence-electron chi connectivity index (χ3n) is 22.4. The molecular weight excluding hydrogens is 1330 g/mol. The van der Waals surface area contributed by atoms with Gasteiger partial charge in [-0.25, -0.2) is 0 Å². The van der Waals surface area contributed by atoms with Gasteiger partial charge in [0.25, 0.3) is 0 Å². The van der Waals surface area contributed by atoms with E-state index in [2.05, 4.69) is 419 Å². The van der Waals surface area contributed by atoms with Crippen LogP contribution in [-0.4, -0.2) is 18.3 Å². The van der Waals surface area contributed by atoms with Crippen LogP contribution in [0.25, 0.3) is 199 Å². The first-order valence-electron chi connectivity index (χ1n) is 37.3. The van der Waals surface area contributed by atoms with Crippen molar-refractivity contribution < 1.29 is 0 Å². The van der Waals surface area contributed by atoms with Crippen LogP contribution in [0.4, 0.5) is 0 Å². The molecule has 0 aliphatic rings. The van der Waals surface area contributed by atoms with E-state index in [4.69, 9.17) is 0 Å². The minimum Gasteiger partial charge on any atom is -0.306 e. The van der Waals surface area contributed by atoms with Gasteiger partial charge in [-0.15, -0.1) is 0 Å². The zero-order valence-corrected chi connectivity index (χ0v) is 59.6. The summed E-state index contributed by atoms with van der Waals surface area (Å²) in [6.45, 7) is 0. The van der Waals surface area contributed by atoms with Crippen molar-refractivity contribution in [2.75, 3.05) is 0 Å². The molecule has 4 heterocycles. The highest BCUT2D eigenvalue weighted by Crippen LogP contribution is 2.52. The van der Waals surface area contributed by atoms with Gasteiger partial charge >= 0.3 is 0 Å². The molecule has 0 N–H and O–H groups in total. The van der Waals surface area contributed by atoms with E-state index in [1.165, 1.54) is 0 Å². The fourth-order valence-electron chi connectivity index (χ4n) is 17.3. The fraction of sp³-hybridized carbons (Fsp3) is 0. The van der Waals surface area contributed by atoms with Gasteiger partial charge in [0.2, 0.25) is 0 Å². The first kappa shape index (κ1) is 63.4. The zero-order valence-electron chi connectivity index (χ0n) is 59.6. The molecule has 21 aromatic rings. The molecule has 6 nitrogen and oxygen atoms in total. The highest BCUT2D eigenvalue weighted by atomic mass is 15.1. The SMILES string of the molecule is N#Cc1c(-n2c3ccc(-c4ccccc4)cc3c3cc(-c4ccccc4)ccc32)c(C#N)c(-n2c3ccc(-c4ccccc4)cc3c3cc(-c4ccccc4)ccc32)c(-n2c3ccc(-c4ccccc4)cc3c3cc(-c4ccccc4)ccc32)c1-n1c2ccc(-c3ccccc3)cc2c2cc(-c3ccccc3)ccc21. The van der Waals surface area contributed by atoms with Gasteiger partial charge in [0.15, 0.2) is 0 Å². The van der Waals surface area contributed by atoms with Crippen LogP contribution in [0.15, 0.2) is 388 Å². The van der Waals surface area contributed by atoms with E-state index in [0.717, 1.165) is 176 Å². The second kappa shape index (κ2) is 25.9. The Bertz CT molecular complexity index is 6720. The lowest BCUT2D eigenvalue weighted by Crippen LogP contribution is -2.17. The van der Waals surface area contributed by atoms with Crippen LogP contribution in [0, 0.1) is 22.7 Å². The molecule has 0 unspecified atom stereocenters. The Hall–Kier alpha value is -15.1. The van der Waals surface area contributed by atoms with Crippen molar-refractivity contribution in [3.05, 3.63) is 399 Å². The van der Waals surface area contributed by atoms with Gasteiger partial charge in [-0.2, -0.15) is 10.5 Å². The molecule has 4 aromatic heterocycles. The van der Waals surface area contributed by atoms with Gasteiger partial charge < -0.3 is 18.3 Å². The van der Waals surface area contributed by atoms with Crippen LogP contribution in [0.2, 0.25) is 0 Å². The first-order valence-corrected chi connectivity index (χ1v) is 37.3. The summed E-state index contributed by atoms with van der Waals surface area (Å²) >= 11 is 0. The van der Waals surface area contributed by atoms with Gasteiger partial charge in [0.05, 0.1) is 66.9 Å². The van der Waals surface area contributed by atoms with Crippen molar-refractivity contribution >= 4 is 87.2 Å². The maximum Gasteiger partial charge on any atom is 0.104 e. The molecule has 0 bridgehead atoms. The summed E-state index contributed by atoms with van der Waals surface area (Å²) in [5.74, 6) is 0.